The van der Waals surface area contributed by atoms with Gasteiger partial charge in [0.15, 0.2) is 17.5 Å². The quantitative estimate of drug-likeness (QED) is 0.325. The van der Waals surface area contributed by atoms with Crippen LogP contribution < -0.4 is 4.74 Å². The largest absolute Gasteiger partial charge is 0.479 e. The molecule has 0 radical (unpaired) electrons. The van der Waals surface area contributed by atoms with Crippen LogP contribution in [0, 0.1) is 0 Å². The van der Waals surface area contributed by atoms with E-state index >= 15 is 0 Å². The molecule has 1 fully saturated rings. The van der Waals surface area contributed by atoms with Crippen molar-refractivity contribution in [3.63, 3.8) is 0 Å². The second-order valence-electron chi connectivity index (χ2n) is 8.11. The van der Waals surface area contributed by atoms with Gasteiger partial charge in [0.25, 0.3) is 0 Å². The highest BCUT2D eigenvalue weighted by atomic mass is 35.5. The third kappa shape index (κ3) is 5.54. The monoisotopic (exact) mass is 494 g/mol. The van der Waals surface area contributed by atoms with Gasteiger partial charge < -0.3 is 34.6 Å². The van der Waals surface area contributed by atoms with Gasteiger partial charge in [-0.25, -0.2) is 9.59 Å². The van der Waals surface area contributed by atoms with E-state index in [0.29, 0.717) is 16.1 Å². The van der Waals surface area contributed by atoms with Crippen LogP contribution in [0.15, 0.2) is 48.5 Å². The molecule has 1 heterocycles. The van der Waals surface area contributed by atoms with Crippen LogP contribution in [0.5, 0.6) is 5.75 Å². The number of halogens is 1. The number of aliphatic hydroxyl groups excluding tert-OH is 3. The zero-order valence-electron chi connectivity index (χ0n) is 18.1. The zero-order chi connectivity index (χ0) is 25.2. The van der Waals surface area contributed by atoms with Gasteiger partial charge in [-0.15, -0.1) is 0 Å². The van der Waals surface area contributed by atoms with E-state index in [-0.39, 0.29) is 11.5 Å². The Kier molecular flexibility index (Phi) is 7.59. The number of carboxylic acids is 1. The SMILES string of the molecule is CC(C)(Oc1ccc(C(=O)c2ccc(Cl)cc2)cc1)C(=O)OC1OC(C(=O)O)C(O)C(O)C1O. The molecule has 1 saturated heterocycles. The molecule has 0 amide bonds. The Labute approximate surface area is 199 Å². The van der Waals surface area contributed by atoms with E-state index in [2.05, 4.69) is 0 Å². The summed E-state index contributed by atoms with van der Waals surface area (Å²) >= 11 is 5.84. The molecule has 5 unspecified atom stereocenters. The molecular formula is C23H23ClO10. The fourth-order valence-corrected chi connectivity index (χ4v) is 3.30. The van der Waals surface area contributed by atoms with Crippen LogP contribution in [-0.2, 0) is 19.1 Å². The summed E-state index contributed by atoms with van der Waals surface area (Å²) in [5.41, 5.74) is -0.814. The van der Waals surface area contributed by atoms with E-state index in [0.717, 1.165) is 0 Å². The number of carboxylic acid groups (broad SMARTS) is 1. The van der Waals surface area contributed by atoms with Crippen LogP contribution in [-0.4, -0.2) is 74.5 Å². The summed E-state index contributed by atoms with van der Waals surface area (Å²) in [6, 6.07) is 12.4. The van der Waals surface area contributed by atoms with Gasteiger partial charge in [0.2, 0.25) is 6.29 Å². The average molecular weight is 495 g/mol. The van der Waals surface area contributed by atoms with Crippen molar-refractivity contribution in [2.45, 2.75) is 50.2 Å². The highest BCUT2D eigenvalue weighted by Crippen LogP contribution is 2.26. The summed E-state index contributed by atoms with van der Waals surface area (Å²) in [5, 5.41) is 39.2. The van der Waals surface area contributed by atoms with Gasteiger partial charge in [-0.1, -0.05) is 11.6 Å². The molecule has 1 aliphatic rings. The molecule has 4 N–H and O–H groups in total. The summed E-state index contributed by atoms with van der Waals surface area (Å²) in [6.45, 7) is 2.72. The number of esters is 1. The Balaban J connectivity index is 1.66. The molecule has 3 rings (SSSR count). The Morgan fingerprint density at radius 3 is 1.94 bits per heavy atom. The van der Waals surface area contributed by atoms with Crippen LogP contribution in [0.25, 0.3) is 0 Å². The minimum Gasteiger partial charge on any atom is -0.479 e. The van der Waals surface area contributed by atoms with Gasteiger partial charge in [0.1, 0.15) is 24.1 Å². The highest BCUT2D eigenvalue weighted by molar-refractivity contribution is 6.30. The molecule has 182 valence electrons. The van der Waals surface area contributed by atoms with E-state index in [1.807, 2.05) is 0 Å². The van der Waals surface area contributed by atoms with Crippen molar-refractivity contribution in [1.82, 2.24) is 0 Å². The van der Waals surface area contributed by atoms with Crippen molar-refractivity contribution in [2.24, 2.45) is 0 Å². The maximum atomic E-state index is 12.6. The number of carbonyl (C=O) groups excluding carboxylic acids is 2. The molecule has 0 aliphatic carbocycles. The van der Waals surface area contributed by atoms with Gasteiger partial charge in [0.05, 0.1) is 0 Å². The Bertz CT molecular complexity index is 1050. The summed E-state index contributed by atoms with van der Waals surface area (Å²) in [6.07, 6.45) is -9.48. The lowest BCUT2D eigenvalue weighted by Gasteiger charge is -2.39. The maximum Gasteiger partial charge on any atom is 0.352 e. The lowest BCUT2D eigenvalue weighted by molar-refractivity contribution is -0.289. The lowest BCUT2D eigenvalue weighted by atomic mass is 9.99. The fourth-order valence-electron chi connectivity index (χ4n) is 3.18. The molecular weight excluding hydrogens is 472 g/mol. The van der Waals surface area contributed by atoms with Crippen molar-refractivity contribution in [1.29, 1.82) is 0 Å². The average Bonchev–Trinajstić information content (AvgIpc) is 2.79. The molecule has 0 aromatic heterocycles. The summed E-state index contributed by atoms with van der Waals surface area (Å²) in [5.74, 6) is -2.66. The third-order valence-electron chi connectivity index (χ3n) is 5.12. The summed E-state index contributed by atoms with van der Waals surface area (Å²) in [7, 11) is 0. The van der Waals surface area contributed by atoms with Gasteiger partial charge in [-0.05, 0) is 62.4 Å². The van der Waals surface area contributed by atoms with E-state index in [9.17, 15) is 29.7 Å². The first-order valence-corrected chi connectivity index (χ1v) is 10.5. The lowest BCUT2D eigenvalue weighted by Crippen LogP contribution is -2.61. The Morgan fingerprint density at radius 1 is 0.882 bits per heavy atom. The predicted octanol–water partition coefficient (Wildman–Crippen LogP) is 1.16. The predicted molar refractivity (Wildman–Crippen MR) is 116 cm³/mol. The van der Waals surface area contributed by atoms with Crippen LogP contribution in [0.3, 0.4) is 0 Å². The molecule has 34 heavy (non-hydrogen) atoms. The van der Waals surface area contributed by atoms with E-state index < -0.39 is 48.2 Å². The first-order chi connectivity index (χ1) is 15.9. The van der Waals surface area contributed by atoms with Gasteiger partial charge in [-0.3, -0.25) is 4.79 Å². The van der Waals surface area contributed by atoms with Crippen LogP contribution in [0.2, 0.25) is 5.02 Å². The first kappa shape index (κ1) is 25.6. The molecule has 10 nitrogen and oxygen atoms in total. The number of hydrogen-bond acceptors (Lipinski definition) is 9. The molecule has 0 bridgehead atoms. The standard InChI is InChI=1S/C23H23ClO10/c1-23(2,22(31)33-21-18(28)16(26)17(27)19(32-21)20(29)30)34-14-9-5-12(6-10-14)15(25)11-3-7-13(24)8-4-11/h3-10,16-19,21,26-28H,1-2H3,(H,29,30). The molecule has 2 aromatic rings. The number of rotatable bonds is 7. The number of aliphatic hydroxyl groups is 3. The smallest absolute Gasteiger partial charge is 0.352 e. The maximum absolute atomic E-state index is 12.6. The van der Waals surface area contributed by atoms with E-state index in [1.54, 1.807) is 24.3 Å². The van der Waals surface area contributed by atoms with Crippen LogP contribution in [0.4, 0.5) is 0 Å². The minimum atomic E-state index is -1.92. The van der Waals surface area contributed by atoms with Crippen molar-refractivity contribution in [2.75, 3.05) is 0 Å². The van der Waals surface area contributed by atoms with Gasteiger partial charge in [-0.2, -0.15) is 0 Å². The number of aliphatic carboxylic acids is 1. The second kappa shape index (κ2) is 10.1. The first-order valence-electron chi connectivity index (χ1n) is 10.1. The highest BCUT2D eigenvalue weighted by Gasteiger charge is 2.49. The van der Waals surface area contributed by atoms with Gasteiger partial charge >= 0.3 is 11.9 Å². The molecule has 2 aromatic carbocycles. The van der Waals surface area contributed by atoms with E-state index in [4.69, 9.17) is 30.9 Å². The zero-order valence-corrected chi connectivity index (χ0v) is 18.9. The molecule has 1 aliphatic heterocycles. The number of carbonyl (C=O) groups is 3. The van der Waals surface area contributed by atoms with Crippen molar-refractivity contribution in [3.05, 3.63) is 64.7 Å². The third-order valence-corrected chi connectivity index (χ3v) is 5.38. The normalized spacial score (nSPS) is 24.8. The summed E-state index contributed by atoms with van der Waals surface area (Å²) < 4.78 is 15.6. The molecule has 0 spiro atoms. The number of benzene rings is 2. The Hall–Kier alpha value is -3.02. The number of ketones is 1. The van der Waals surface area contributed by atoms with Crippen molar-refractivity contribution < 1.29 is 49.0 Å². The fraction of sp³-hybridized carbons (Fsp3) is 0.348. The Morgan fingerprint density at radius 2 is 1.41 bits per heavy atom. The topological polar surface area (TPSA) is 160 Å². The second-order valence-corrected chi connectivity index (χ2v) is 8.55. The summed E-state index contributed by atoms with van der Waals surface area (Å²) in [4.78, 5) is 36.4. The van der Waals surface area contributed by atoms with E-state index in [1.165, 1.54) is 38.1 Å². The number of ether oxygens (including phenoxy) is 3. The molecule has 0 saturated carbocycles. The van der Waals surface area contributed by atoms with Gasteiger partial charge in [0, 0.05) is 16.1 Å². The van der Waals surface area contributed by atoms with Crippen LogP contribution in [0.1, 0.15) is 29.8 Å². The van der Waals surface area contributed by atoms with Crippen molar-refractivity contribution in [3.8, 4) is 5.75 Å². The molecule has 11 heteroatoms. The van der Waals surface area contributed by atoms with Crippen molar-refractivity contribution >= 4 is 29.3 Å². The van der Waals surface area contributed by atoms with Crippen LogP contribution >= 0.6 is 11.6 Å². The molecule has 5 atom stereocenters. The minimum absolute atomic E-state index is 0.221. The number of hydrogen-bond donors (Lipinski definition) is 4.